The molecule has 0 bridgehead atoms. The van der Waals surface area contributed by atoms with Gasteiger partial charge < -0.3 is 0 Å². The van der Waals surface area contributed by atoms with Gasteiger partial charge in [0.05, 0.1) is 25.3 Å². The van der Waals surface area contributed by atoms with Gasteiger partial charge in [-0.25, -0.2) is 9.97 Å². The third kappa shape index (κ3) is 2.59. The highest BCUT2D eigenvalue weighted by Gasteiger charge is 2.21. The predicted molar refractivity (Wildman–Crippen MR) is 135 cm³/mol. The molecular weight excluding hydrogens is 424 g/mol. The third-order valence-electron chi connectivity index (χ3n) is 5.79. The van der Waals surface area contributed by atoms with Crippen molar-refractivity contribution in [1.82, 2.24) is 9.97 Å². The molecule has 5 heteroatoms. The lowest BCUT2D eigenvalue weighted by molar-refractivity contribution is 0.597. The summed E-state index contributed by atoms with van der Waals surface area (Å²) in [6, 6.07) is 11.3. The number of aromatic nitrogens is 2. The summed E-state index contributed by atoms with van der Waals surface area (Å²) in [5, 5.41) is 8.32. The Bertz CT molecular complexity index is 1590. The van der Waals surface area contributed by atoms with Crippen molar-refractivity contribution in [3.8, 4) is 11.3 Å². The summed E-state index contributed by atoms with van der Waals surface area (Å²) in [7, 11) is 0. The molecule has 0 spiro atoms. The van der Waals surface area contributed by atoms with E-state index < -0.39 is 0 Å². The Morgan fingerprint density at radius 3 is 2.50 bits per heavy atom. The molecule has 0 saturated carbocycles. The molecule has 0 N–H and O–H groups in total. The van der Waals surface area contributed by atoms with Crippen LogP contribution >= 0.6 is 34.0 Å². The Morgan fingerprint density at radius 2 is 1.67 bits per heavy atom. The molecule has 6 aromatic rings. The number of benzene rings is 2. The fraction of sp³-hybridized carbons (Fsp3) is 0.200. The van der Waals surface area contributed by atoms with Crippen LogP contribution in [0.2, 0.25) is 0 Å². The highest BCUT2D eigenvalue weighted by molar-refractivity contribution is 7.31. The quantitative estimate of drug-likeness (QED) is 0.254. The Labute approximate surface area is 186 Å². The number of fused-ring (bicyclic) bond motifs is 6. The molecule has 0 aliphatic heterocycles. The highest BCUT2D eigenvalue weighted by Crippen LogP contribution is 2.44. The van der Waals surface area contributed by atoms with Crippen molar-refractivity contribution in [1.29, 1.82) is 0 Å². The monoisotopic (exact) mass is 444 g/mol. The van der Waals surface area contributed by atoms with Crippen molar-refractivity contribution in [2.45, 2.75) is 33.1 Å². The second-order valence-corrected chi connectivity index (χ2v) is 11.7. The summed E-state index contributed by atoms with van der Waals surface area (Å²) in [6.45, 7) is 9.05. The molecule has 0 amide bonds. The molecule has 0 atom stereocenters. The van der Waals surface area contributed by atoms with Gasteiger partial charge in [0.25, 0.3) is 0 Å². The van der Waals surface area contributed by atoms with Crippen molar-refractivity contribution in [2.75, 3.05) is 0 Å². The maximum absolute atomic E-state index is 4.78. The molecule has 0 fully saturated rings. The van der Waals surface area contributed by atoms with Crippen LogP contribution in [0.4, 0.5) is 0 Å². The van der Waals surface area contributed by atoms with Crippen LogP contribution in [0, 0.1) is 6.92 Å². The largest absolute Gasteiger partial charge is 0.235 e. The van der Waals surface area contributed by atoms with Gasteiger partial charge in [-0.2, -0.15) is 0 Å². The Morgan fingerprint density at radius 1 is 0.833 bits per heavy atom. The Kier molecular flexibility index (Phi) is 3.89. The van der Waals surface area contributed by atoms with Crippen LogP contribution < -0.4 is 0 Å². The molecule has 4 aromatic heterocycles. The molecule has 148 valence electrons. The zero-order valence-corrected chi connectivity index (χ0v) is 19.7. The minimum Gasteiger partial charge on any atom is -0.235 e. The van der Waals surface area contributed by atoms with Crippen molar-refractivity contribution >= 4 is 74.5 Å². The maximum atomic E-state index is 4.78. The van der Waals surface area contributed by atoms with Crippen molar-refractivity contribution in [3.63, 3.8) is 0 Å². The number of thiophene rings is 3. The van der Waals surface area contributed by atoms with Gasteiger partial charge in [-0.1, -0.05) is 32.9 Å². The molecule has 0 radical (unpaired) electrons. The van der Waals surface area contributed by atoms with Gasteiger partial charge in [-0.05, 0) is 63.2 Å². The van der Waals surface area contributed by atoms with Gasteiger partial charge in [-0.3, -0.25) is 0 Å². The van der Waals surface area contributed by atoms with Crippen LogP contribution in [-0.4, -0.2) is 9.97 Å². The fourth-order valence-corrected chi connectivity index (χ4v) is 7.81. The molecule has 30 heavy (non-hydrogen) atoms. The minimum atomic E-state index is 0.0755. The van der Waals surface area contributed by atoms with Gasteiger partial charge in [0, 0.05) is 15.6 Å². The SMILES string of the molecule is Cc1csc2c1ccc1c3ncnc(-c4cc(C(C)(C)C)c5sccc5c4)c3sc12. The van der Waals surface area contributed by atoms with Crippen molar-refractivity contribution in [3.05, 3.63) is 58.5 Å². The van der Waals surface area contributed by atoms with E-state index in [1.165, 1.54) is 51.6 Å². The second-order valence-electron chi connectivity index (χ2n) is 8.85. The third-order valence-corrected chi connectivity index (χ3v) is 9.23. The van der Waals surface area contributed by atoms with Gasteiger partial charge in [0.15, 0.2) is 0 Å². The van der Waals surface area contributed by atoms with Gasteiger partial charge >= 0.3 is 0 Å². The number of hydrogen-bond acceptors (Lipinski definition) is 5. The maximum Gasteiger partial charge on any atom is 0.116 e. The first-order valence-corrected chi connectivity index (χ1v) is 12.6. The zero-order chi connectivity index (χ0) is 20.6. The summed E-state index contributed by atoms with van der Waals surface area (Å²) in [5.74, 6) is 0. The number of rotatable bonds is 1. The van der Waals surface area contributed by atoms with Crippen LogP contribution in [-0.2, 0) is 5.41 Å². The van der Waals surface area contributed by atoms with Crippen LogP contribution in [0.1, 0.15) is 31.9 Å². The molecule has 0 aliphatic rings. The zero-order valence-electron chi connectivity index (χ0n) is 17.2. The first-order valence-electron chi connectivity index (χ1n) is 9.98. The molecule has 6 rings (SSSR count). The first kappa shape index (κ1) is 18.4. The summed E-state index contributed by atoms with van der Waals surface area (Å²) in [4.78, 5) is 9.48. The summed E-state index contributed by atoms with van der Waals surface area (Å²) in [6.07, 6.45) is 1.72. The van der Waals surface area contributed by atoms with E-state index in [9.17, 15) is 0 Å². The molecule has 4 heterocycles. The molecule has 0 saturated heterocycles. The molecular formula is C25H20N2S3. The van der Waals surface area contributed by atoms with E-state index in [1.807, 2.05) is 34.0 Å². The molecule has 2 aromatic carbocycles. The topological polar surface area (TPSA) is 25.8 Å². The van der Waals surface area contributed by atoms with Crippen LogP contribution in [0.3, 0.4) is 0 Å². The molecule has 0 aliphatic carbocycles. The van der Waals surface area contributed by atoms with E-state index in [4.69, 9.17) is 9.97 Å². The fourth-order valence-electron chi connectivity index (χ4n) is 4.23. The lowest BCUT2D eigenvalue weighted by Gasteiger charge is -2.21. The van der Waals surface area contributed by atoms with E-state index in [1.54, 1.807) is 6.33 Å². The second kappa shape index (κ2) is 6.33. The van der Waals surface area contributed by atoms with Crippen LogP contribution in [0.5, 0.6) is 0 Å². The van der Waals surface area contributed by atoms with Crippen molar-refractivity contribution in [2.24, 2.45) is 0 Å². The average molecular weight is 445 g/mol. The van der Waals surface area contributed by atoms with E-state index >= 15 is 0 Å². The lowest BCUT2D eigenvalue weighted by atomic mass is 9.85. The molecule has 2 nitrogen and oxygen atoms in total. The lowest BCUT2D eigenvalue weighted by Crippen LogP contribution is -2.11. The number of nitrogens with zero attached hydrogens (tertiary/aromatic N) is 2. The van der Waals surface area contributed by atoms with E-state index in [0.717, 1.165) is 11.2 Å². The summed E-state index contributed by atoms with van der Waals surface area (Å²) >= 11 is 5.49. The summed E-state index contributed by atoms with van der Waals surface area (Å²) in [5.41, 5.74) is 6.10. The minimum absolute atomic E-state index is 0.0755. The Hall–Kier alpha value is -2.34. The van der Waals surface area contributed by atoms with Gasteiger partial charge in [0.1, 0.15) is 6.33 Å². The van der Waals surface area contributed by atoms with Gasteiger partial charge in [-0.15, -0.1) is 34.0 Å². The van der Waals surface area contributed by atoms with E-state index in [-0.39, 0.29) is 5.41 Å². The predicted octanol–water partition coefficient (Wildman–Crippen LogP) is 8.55. The van der Waals surface area contributed by atoms with E-state index in [0.29, 0.717) is 0 Å². The normalized spacial score (nSPS) is 12.7. The van der Waals surface area contributed by atoms with E-state index in [2.05, 4.69) is 68.8 Å². The van der Waals surface area contributed by atoms with Gasteiger partial charge in [0.2, 0.25) is 0 Å². The summed E-state index contributed by atoms with van der Waals surface area (Å²) < 4.78 is 5.25. The van der Waals surface area contributed by atoms with Crippen LogP contribution in [0.15, 0.2) is 47.4 Å². The first-order chi connectivity index (χ1) is 14.4. The number of hydrogen-bond donors (Lipinski definition) is 0. The number of aryl methyl sites for hydroxylation is 1. The Balaban J connectivity index is 1.70. The van der Waals surface area contributed by atoms with Crippen LogP contribution in [0.25, 0.3) is 51.7 Å². The smallest absolute Gasteiger partial charge is 0.116 e. The standard InChI is InChI=1S/C25H20N2S3/c1-13-11-29-22-16(13)5-6-17-20-24(30-23(17)22)19(26-12-27-20)15-9-14-7-8-28-21(14)18(10-15)25(2,3)4/h5-12H,1-4H3. The molecule has 0 unspecified atom stereocenters. The van der Waals surface area contributed by atoms with Crippen molar-refractivity contribution < 1.29 is 0 Å². The average Bonchev–Trinajstić information content (AvgIpc) is 3.42. The highest BCUT2D eigenvalue weighted by atomic mass is 32.1.